The van der Waals surface area contributed by atoms with E-state index in [1.165, 1.54) is 0 Å². The van der Waals surface area contributed by atoms with Gasteiger partial charge in [-0.2, -0.15) is 5.26 Å². The molecule has 0 aliphatic carbocycles. The number of hydrogen-bond donors (Lipinski definition) is 0. The molecule has 0 bridgehead atoms. The zero-order valence-electron chi connectivity index (χ0n) is 13.1. The molecule has 1 saturated heterocycles. The van der Waals surface area contributed by atoms with Crippen molar-refractivity contribution in [1.29, 1.82) is 5.26 Å². The van der Waals surface area contributed by atoms with Crippen LogP contribution in [0.3, 0.4) is 0 Å². The molecule has 0 radical (unpaired) electrons. The summed E-state index contributed by atoms with van der Waals surface area (Å²) in [5.41, 5.74) is 0.977. The number of nitriles is 1. The minimum Gasteiger partial charge on any atom is -0.447 e. The summed E-state index contributed by atoms with van der Waals surface area (Å²) in [7, 11) is 0. The molecule has 0 spiro atoms. The number of hydrogen-bond acceptors (Lipinski definition) is 4. The van der Waals surface area contributed by atoms with Crippen LogP contribution in [0.4, 0.5) is 0 Å². The van der Waals surface area contributed by atoms with Crippen LogP contribution in [-0.2, 0) is 14.3 Å². The van der Waals surface area contributed by atoms with Crippen LogP contribution < -0.4 is 0 Å². The highest BCUT2D eigenvalue weighted by molar-refractivity contribution is 5.92. The zero-order chi connectivity index (χ0) is 16.7. The number of benzene rings is 1. The van der Waals surface area contributed by atoms with E-state index in [0.29, 0.717) is 25.9 Å². The topological polar surface area (TPSA) is 70.4 Å². The van der Waals surface area contributed by atoms with E-state index in [1.807, 2.05) is 36.4 Å². The van der Waals surface area contributed by atoms with Gasteiger partial charge in [-0.15, -0.1) is 0 Å². The molecular formula is C18H20N2O3. The molecule has 0 N–H and O–H groups in total. The van der Waals surface area contributed by atoms with Crippen molar-refractivity contribution in [3.05, 3.63) is 42.0 Å². The van der Waals surface area contributed by atoms with Crippen molar-refractivity contribution in [1.82, 2.24) is 4.90 Å². The number of piperidine rings is 1. The lowest BCUT2D eigenvalue weighted by molar-refractivity contribution is -0.153. The van der Waals surface area contributed by atoms with Crippen LogP contribution in [0.1, 0.15) is 25.3 Å². The first kappa shape index (κ1) is 16.8. The van der Waals surface area contributed by atoms with E-state index >= 15 is 0 Å². The molecule has 1 atom stereocenters. The average molecular weight is 312 g/mol. The second-order valence-electron chi connectivity index (χ2n) is 5.55. The molecule has 1 aliphatic heterocycles. The molecule has 1 heterocycles. The molecule has 1 aromatic carbocycles. The van der Waals surface area contributed by atoms with Crippen LogP contribution in [0, 0.1) is 17.2 Å². The van der Waals surface area contributed by atoms with Crippen molar-refractivity contribution in [2.75, 3.05) is 13.1 Å². The second kappa shape index (κ2) is 8.14. The SMILES string of the molecule is C[C@H](C#N)OC(=O)C1CCN(C(=O)/C=C/c2ccccc2)CC1. The lowest BCUT2D eigenvalue weighted by Gasteiger charge is -2.30. The van der Waals surface area contributed by atoms with E-state index in [-0.39, 0.29) is 17.8 Å². The molecule has 120 valence electrons. The van der Waals surface area contributed by atoms with Gasteiger partial charge in [-0.25, -0.2) is 0 Å². The summed E-state index contributed by atoms with van der Waals surface area (Å²) in [4.78, 5) is 25.7. The van der Waals surface area contributed by atoms with Crippen molar-refractivity contribution >= 4 is 18.0 Å². The van der Waals surface area contributed by atoms with Crippen molar-refractivity contribution in [3.63, 3.8) is 0 Å². The molecule has 5 nitrogen and oxygen atoms in total. The van der Waals surface area contributed by atoms with Crippen LogP contribution in [0.25, 0.3) is 6.08 Å². The third-order valence-corrected chi connectivity index (χ3v) is 3.83. The van der Waals surface area contributed by atoms with Gasteiger partial charge in [0.2, 0.25) is 5.91 Å². The number of carbonyl (C=O) groups excluding carboxylic acids is 2. The Kier molecular flexibility index (Phi) is 5.93. The average Bonchev–Trinajstić information content (AvgIpc) is 2.60. The standard InChI is InChI=1S/C18H20N2O3/c1-14(13-19)23-18(22)16-9-11-20(12-10-16)17(21)8-7-15-5-3-2-4-6-15/h2-8,14,16H,9-12H2,1H3/b8-7+/t14-/m1/s1. The molecule has 1 amide bonds. The normalized spacial score (nSPS) is 16.8. The minimum absolute atomic E-state index is 0.0499. The van der Waals surface area contributed by atoms with Crippen molar-refractivity contribution in [3.8, 4) is 6.07 Å². The summed E-state index contributed by atoms with van der Waals surface area (Å²) >= 11 is 0. The second-order valence-corrected chi connectivity index (χ2v) is 5.55. The van der Waals surface area contributed by atoms with Gasteiger partial charge in [-0.3, -0.25) is 9.59 Å². The van der Waals surface area contributed by atoms with Gasteiger partial charge in [0.25, 0.3) is 0 Å². The number of amides is 1. The Morgan fingerprint density at radius 1 is 1.30 bits per heavy atom. The number of likely N-dealkylation sites (tertiary alicyclic amines) is 1. The Bertz CT molecular complexity index is 611. The summed E-state index contributed by atoms with van der Waals surface area (Å²) in [6.45, 7) is 2.60. The van der Waals surface area contributed by atoms with E-state index in [1.54, 1.807) is 24.0 Å². The van der Waals surface area contributed by atoms with Crippen LogP contribution >= 0.6 is 0 Å². The maximum absolute atomic E-state index is 12.2. The Labute approximate surface area is 136 Å². The third kappa shape index (κ3) is 4.96. The van der Waals surface area contributed by atoms with Gasteiger partial charge < -0.3 is 9.64 Å². The number of esters is 1. The van der Waals surface area contributed by atoms with Gasteiger partial charge in [0, 0.05) is 19.2 Å². The number of ether oxygens (including phenoxy) is 1. The van der Waals surface area contributed by atoms with Crippen molar-refractivity contribution < 1.29 is 14.3 Å². The number of nitrogens with zero attached hydrogens (tertiary/aromatic N) is 2. The number of carbonyl (C=O) groups is 2. The summed E-state index contributed by atoms with van der Waals surface area (Å²) in [5.74, 6) is -0.620. The largest absolute Gasteiger partial charge is 0.447 e. The molecule has 2 rings (SSSR count). The smallest absolute Gasteiger partial charge is 0.310 e. The Morgan fingerprint density at radius 3 is 2.57 bits per heavy atom. The van der Waals surface area contributed by atoms with Crippen molar-refractivity contribution in [2.45, 2.75) is 25.9 Å². The predicted molar refractivity (Wildman–Crippen MR) is 85.9 cm³/mol. The maximum atomic E-state index is 12.2. The van der Waals surface area contributed by atoms with Crippen LogP contribution in [-0.4, -0.2) is 36.0 Å². The summed E-state index contributed by atoms with van der Waals surface area (Å²) < 4.78 is 5.02. The van der Waals surface area contributed by atoms with E-state index < -0.39 is 6.10 Å². The first-order valence-corrected chi connectivity index (χ1v) is 7.72. The van der Waals surface area contributed by atoms with Gasteiger partial charge >= 0.3 is 5.97 Å². The molecule has 0 unspecified atom stereocenters. The molecule has 23 heavy (non-hydrogen) atoms. The van der Waals surface area contributed by atoms with Crippen LogP contribution in [0.5, 0.6) is 0 Å². The number of rotatable bonds is 4. The highest BCUT2D eigenvalue weighted by atomic mass is 16.5. The summed E-state index contributed by atoms with van der Waals surface area (Å²) in [6, 6.07) is 11.5. The Hall–Kier alpha value is -2.61. The molecular weight excluding hydrogens is 292 g/mol. The van der Waals surface area contributed by atoms with Gasteiger partial charge in [0.1, 0.15) is 6.07 Å². The molecule has 0 aromatic heterocycles. The molecule has 0 saturated carbocycles. The maximum Gasteiger partial charge on any atom is 0.310 e. The van der Waals surface area contributed by atoms with E-state index in [2.05, 4.69) is 0 Å². The van der Waals surface area contributed by atoms with E-state index in [9.17, 15) is 9.59 Å². The first-order chi connectivity index (χ1) is 11.1. The fourth-order valence-corrected chi connectivity index (χ4v) is 2.47. The summed E-state index contributed by atoms with van der Waals surface area (Å²) in [5, 5.41) is 8.66. The predicted octanol–water partition coefficient (Wildman–Crippen LogP) is 2.39. The highest BCUT2D eigenvalue weighted by Gasteiger charge is 2.28. The fourth-order valence-electron chi connectivity index (χ4n) is 2.47. The fraction of sp³-hybridized carbons (Fsp3) is 0.389. The monoisotopic (exact) mass is 312 g/mol. The first-order valence-electron chi connectivity index (χ1n) is 7.72. The molecule has 1 fully saturated rings. The molecule has 1 aliphatic rings. The van der Waals surface area contributed by atoms with Gasteiger partial charge in [-0.1, -0.05) is 30.3 Å². The summed E-state index contributed by atoms with van der Waals surface area (Å²) in [6.07, 6.45) is 3.77. The lowest BCUT2D eigenvalue weighted by atomic mass is 9.97. The lowest BCUT2D eigenvalue weighted by Crippen LogP contribution is -2.40. The van der Waals surface area contributed by atoms with Gasteiger partial charge in [0.05, 0.1) is 5.92 Å². The van der Waals surface area contributed by atoms with Crippen LogP contribution in [0.2, 0.25) is 0 Å². The van der Waals surface area contributed by atoms with Crippen molar-refractivity contribution in [2.24, 2.45) is 5.92 Å². The Balaban J connectivity index is 1.82. The minimum atomic E-state index is -0.726. The van der Waals surface area contributed by atoms with Gasteiger partial charge in [0.15, 0.2) is 6.10 Å². The van der Waals surface area contributed by atoms with Crippen LogP contribution in [0.15, 0.2) is 36.4 Å². The Morgan fingerprint density at radius 2 is 1.96 bits per heavy atom. The quantitative estimate of drug-likeness (QED) is 0.632. The molecule has 5 heteroatoms. The van der Waals surface area contributed by atoms with E-state index in [4.69, 9.17) is 10.00 Å². The zero-order valence-corrected chi connectivity index (χ0v) is 13.1. The highest BCUT2D eigenvalue weighted by Crippen LogP contribution is 2.19. The van der Waals surface area contributed by atoms with E-state index in [0.717, 1.165) is 5.56 Å². The third-order valence-electron chi connectivity index (χ3n) is 3.83. The molecule has 1 aromatic rings. The van der Waals surface area contributed by atoms with Gasteiger partial charge in [-0.05, 0) is 31.4 Å².